The van der Waals surface area contributed by atoms with Gasteiger partial charge in [-0.05, 0) is 30.3 Å². The number of anilines is 1. The Balaban J connectivity index is 1.76. The molecule has 0 radical (unpaired) electrons. The molecular formula is C12H9ClN2S2. The highest BCUT2D eigenvalue weighted by Gasteiger charge is 2.00. The number of fused-ring (bicyclic) bond motifs is 1. The van der Waals surface area contributed by atoms with Crippen LogP contribution in [0.3, 0.4) is 0 Å². The highest BCUT2D eigenvalue weighted by atomic mass is 35.5. The van der Waals surface area contributed by atoms with Crippen LogP contribution in [-0.2, 0) is 6.54 Å². The summed E-state index contributed by atoms with van der Waals surface area (Å²) in [5.41, 5.74) is 4.04. The molecule has 0 unspecified atom stereocenters. The Hall–Kier alpha value is -1.10. The summed E-state index contributed by atoms with van der Waals surface area (Å²) >= 11 is 9.15. The molecule has 3 aromatic rings. The van der Waals surface area contributed by atoms with Crippen molar-refractivity contribution < 1.29 is 0 Å². The predicted octanol–water partition coefficient (Wildman–Crippen LogP) is 4.62. The molecular weight excluding hydrogens is 272 g/mol. The lowest BCUT2D eigenvalue weighted by Gasteiger charge is -2.04. The lowest BCUT2D eigenvalue weighted by atomic mass is 10.3. The summed E-state index contributed by atoms with van der Waals surface area (Å²) in [6.45, 7) is 0.807. The zero-order chi connectivity index (χ0) is 11.7. The van der Waals surface area contributed by atoms with Crippen molar-refractivity contribution in [1.82, 2.24) is 4.98 Å². The van der Waals surface area contributed by atoms with Gasteiger partial charge in [-0.25, -0.2) is 4.98 Å². The number of hydrogen-bond donors (Lipinski definition) is 1. The summed E-state index contributed by atoms with van der Waals surface area (Å²) in [6.07, 6.45) is 0. The van der Waals surface area contributed by atoms with Crippen LogP contribution in [0.4, 0.5) is 5.69 Å². The lowest BCUT2D eigenvalue weighted by molar-refractivity contribution is 1.20. The Morgan fingerprint density at radius 1 is 1.24 bits per heavy atom. The van der Waals surface area contributed by atoms with Gasteiger partial charge in [-0.3, -0.25) is 0 Å². The van der Waals surface area contributed by atoms with Gasteiger partial charge in [0.05, 0.1) is 20.1 Å². The molecule has 0 bridgehead atoms. The number of benzene rings is 1. The van der Waals surface area contributed by atoms with E-state index in [-0.39, 0.29) is 0 Å². The van der Waals surface area contributed by atoms with E-state index in [1.807, 2.05) is 23.7 Å². The maximum atomic E-state index is 5.89. The third kappa shape index (κ3) is 2.44. The third-order valence-corrected chi connectivity index (χ3v) is 4.45. The van der Waals surface area contributed by atoms with E-state index in [0.717, 1.165) is 22.1 Å². The number of nitrogens with zero attached hydrogens (tertiary/aromatic N) is 1. The van der Waals surface area contributed by atoms with Crippen LogP contribution in [0.15, 0.2) is 35.8 Å². The van der Waals surface area contributed by atoms with Gasteiger partial charge < -0.3 is 5.32 Å². The van der Waals surface area contributed by atoms with Crippen molar-refractivity contribution in [3.63, 3.8) is 0 Å². The third-order valence-electron chi connectivity index (χ3n) is 2.43. The molecule has 1 aromatic carbocycles. The van der Waals surface area contributed by atoms with Crippen LogP contribution >= 0.6 is 34.3 Å². The van der Waals surface area contributed by atoms with Gasteiger partial charge in [0.15, 0.2) is 0 Å². The van der Waals surface area contributed by atoms with Crippen LogP contribution in [0.1, 0.15) is 4.88 Å². The Kier molecular flexibility index (Phi) is 3.01. The predicted molar refractivity (Wildman–Crippen MR) is 76.3 cm³/mol. The molecule has 3 rings (SSSR count). The van der Waals surface area contributed by atoms with Crippen molar-refractivity contribution in [1.29, 1.82) is 0 Å². The first-order chi connectivity index (χ1) is 8.31. The normalized spacial score (nSPS) is 10.9. The minimum Gasteiger partial charge on any atom is -0.380 e. The molecule has 2 nitrogen and oxygen atoms in total. The van der Waals surface area contributed by atoms with E-state index in [2.05, 4.69) is 22.4 Å². The molecule has 0 amide bonds. The van der Waals surface area contributed by atoms with Gasteiger partial charge in [0, 0.05) is 17.1 Å². The molecule has 0 atom stereocenters. The zero-order valence-electron chi connectivity index (χ0n) is 8.81. The standard InChI is InChI=1S/C12H9ClN2S2/c13-12-4-2-9(17-12)6-14-8-1-3-10-11(5-8)16-7-15-10/h1-5,7,14H,6H2. The molecule has 0 fully saturated rings. The minimum absolute atomic E-state index is 0.807. The van der Waals surface area contributed by atoms with E-state index in [1.54, 1.807) is 22.7 Å². The number of halogens is 1. The average molecular weight is 281 g/mol. The van der Waals surface area contributed by atoms with E-state index in [4.69, 9.17) is 11.6 Å². The van der Waals surface area contributed by atoms with Crippen molar-refractivity contribution in [3.8, 4) is 0 Å². The lowest BCUT2D eigenvalue weighted by Crippen LogP contribution is -1.96. The van der Waals surface area contributed by atoms with Crippen LogP contribution in [0.2, 0.25) is 4.34 Å². The summed E-state index contributed by atoms with van der Waals surface area (Å²) in [4.78, 5) is 5.49. The number of aromatic nitrogens is 1. The first-order valence-electron chi connectivity index (χ1n) is 5.12. The van der Waals surface area contributed by atoms with Crippen LogP contribution in [0.5, 0.6) is 0 Å². The largest absolute Gasteiger partial charge is 0.380 e. The van der Waals surface area contributed by atoms with E-state index >= 15 is 0 Å². The van der Waals surface area contributed by atoms with Crippen molar-refractivity contribution in [2.75, 3.05) is 5.32 Å². The maximum absolute atomic E-state index is 5.89. The monoisotopic (exact) mass is 280 g/mol. The van der Waals surface area contributed by atoms with Gasteiger partial charge in [0.2, 0.25) is 0 Å². The van der Waals surface area contributed by atoms with Gasteiger partial charge in [-0.2, -0.15) is 0 Å². The Labute approximate surface area is 112 Å². The minimum atomic E-state index is 0.807. The number of hydrogen-bond acceptors (Lipinski definition) is 4. The van der Waals surface area contributed by atoms with Crippen LogP contribution < -0.4 is 5.32 Å². The van der Waals surface area contributed by atoms with Gasteiger partial charge in [-0.1, -0.05) is 11.6 Å². The molecule has 0 saturated heterocycles. The second kappa shape index (κ2) is 4.64. The van der Waals surface area contributed by atoms with Crippen molar-refractivity contribution in [2.24, 2.45) is 0 Å². The Bertz CT molecular complexity index is 645. The summed E-state index contributed by atoms with van der Waals surface area (Å²) < 4.78 is 2.04. The molecule has 2 aromatic heterocycles. The van der Waals surface area contributed by atoms with E-state index < -0.39 is 0 Å². The Morgan fingerprint density at radius 2 is 2.18 bits per heavy atom. The zero-order valence-corrected chi connectivity index (χ0v) is 11.2. The number of thiophene rings is 1. The number of thiazole rings is 1. The van der Waals surface area contributed by atoms with Crippen LogP contribution in [0, 0.1) is 0 Å². The summed E-state index contributed by atoms with van der Waals surface area (Å²) in [5, 5.41) is 3.39. The van der Waals surface area contributed by atoms with Crippen LogP contribution in [0.25, 0.3) is 10.2 Å². The van der Waals surface area contributed by atoms with Gasteiger partial charge in [0.25, 0.3) is 0 Å². The molecule has 0 aliphatic rings. The molecule has 5 heteroatoms. The fraction of sp³-hybridized carbons (Fsp3) is 0.0833. The van der Waals surface area contributed by atoms with Crippen molar-refractivity contribution in [2.45, 2.75) is 6.54 Å². The molecule has 0 aliphatic heterocycles. The molecule has 86 valence electrons. The van der Waals surface area contributed by atoms with E-state index in [0.29, 0.717) is 0 Å². The second-order valence-electron chi connectivity index (χ2n) is 3.59. The quantitative estimate of drug-likeness (QED) is 0.757. The summed E-state index contributed by atoms with van der Waals surface area (Å²) in [7, 11) is 0. The molecule has 0 spiro atoms. The maximum Gasteiger partial charge on any atom is 0.0931 e. The smallest absolute Gasteiger partial charge is 0.0931 e. The topological polar surface area (TPSA) is 24.9 Å². The molecule has 0 aliphatic carbocycles. The second-order valence-corrected chi connectivity index (χ2v) is 6.28. The summed E-state index contributed by atoms with van der Waals surface area (Å²) in [6, 6.07) is 10.2. The summed E-state index contributed by atoms with van der Waals surface area (Å²) in [5.74, 6) is 0. The molecule has 2 heterocycles. The molecule has 17 heavy (non-hydrogen) atoms. The fourth-order valence-electron chi connectivity index (χ4n) is 1.60. The highest BCUT2D eigenvalue weighted by molar-refractivity contribution is 7.16. The van der Waals surface area contributed by atoms with Crippen LogP contribution in [-0.4, -0.2) is 4.98 Å². The fourth-order valence-corrected chi connectivity index (χ4v) is 3.34. The number of nitrogens with one attached hydrogen (secondary N) is 1. The first-order valence-corrected chi connectivity index (χ1v) is 7.20. The molecule has 1 N–H and O–H groups in total. The van der Waals surface area contributed by atoms with Gasteiger partial charge >= 0.3 is 0 Å². The van der Waals surface area contributed by atoms with Crippen molar-refractivity contribution in [3.05, 3.63) is 45.1 Å². The van der Waals surface area contributed by atoms with Crippen molar-refractivity contribution >= 4 is 50.2 Å². The Morgan fingerprint density at radius 3 is 3.00 bits per heavy atom. The van der Waals surface area contributed by atoms with Gasteiger partial charge in [0.1, 0.15) is 0 Å². The van der Waals surface area contributed by atoms with Gasteiger partial charge in [-0.15, -0.1) is 22.7 Å². The van der Waals surface area contributed by atoms with E-state index in [9.17, 15) is 0 Å². The SMILES string of the molecule is Clc1ccc(CNc2ccc3ncsc3c2)s1. The highest BCUT2D eigenvalue weighted by Crippen LogP contribution is 2.24. The molecule has 0 saturated carbocycles. The van der Waals surface area contributed by atoms with E-state index in [1.165, 1.54) is 9.58 Å². The first kappa shape index (κ1) is 11.0. The number of rotatable bonds is 3. The average Bonchev–Trinajstić information content (AvgIpc) is 2.94.